The lowest BCUT2D eigenvalue weighted by Crippen LogP contribution is -2.49. The van der Waals surface area contributed by atoms with Gasteiger partial charge in [0.05, 0.1) is 12.8 Å². The van der Waals surface area contributed by atoms with Crippen LogP contribution in [0, 0.1) is 0 Å². The number of carbonyl (C=O) groups excluding carboxylic acids is 1. The molecule has 200 valence electrons. The Kier molecular flexibility index (Phi) is 7.89. The molecule has 3 heterocycles. The van der Waals surface area contributed by atoms with Crippen molar-refractivity contribution in [3.63, 3.8) is 0 Å². The van der Waals surface area contributed by atoms with Crippen LogP contribution in [0.25, 0.3) is 16.8 Å². The van der Waals surface area contributed by atoms with Gasteiger partial charge < -0.3 is 20.1 Å². The van der Waals surface area contributed by atoms with Crippen molar-refractivity contribution in [3.8, 4) is 17.0 Å². The number of nitrogen functional groups attached to an aromatic ring is 1. The maximum absolute atomic E-state index is 12.3. The Bertz CT molecular complexity index is 1240. The van der Waals surface area contributed by atoms with E-state index >= 15 is 0 Å². The van der Waals surface area contributed by atoms with Crippen LogP contribution in [-0.2, 0) is 11.2 Å². The molecule has 10 heteroatoms. The van der Waals surface area contributed by atoms with Gasteiger partial charge in [0.15, 0.2) is 0 Å². The van der Waals surface area contributed by atoms with Crippen LogP contribution in [0.15, 0.2) is 30.6 Å². The van der Waals surface area contributed by atoms with Crippen LogP contribution in [0.5, 0.6) is 5.75 Å². The Morgan fingerprint density at radius 1 is 1.19 bits per heavy atom. The molecule has 1 amide bonds. The number of ether oxygens (including phenoxy) is 2. The zero-order valence-electron chi connectivity index (χ0n) is 22.7. The second-order valence-electron chi connectivity index (χ2n) is 10.7. The standard InChI is InChI=1S/C27H39N7O3/c1-18(2)33-15-13-32(14-16-33)11-9-22-31-23(24-25(28)29-10-12-34(22)24)19-7-8-20(21(17-19)36-6)30-26(35)37-27(3,4)5/h7-8,10,12,17-18H,9,11,13-16H2,1-6H3,(H2,28,29)(H,30,35). The van der Waals surface area contributed by atoms with Crippen LogP contribution in [0.2, 0.25) is 0 Å². The van der Waals surface area contributed by atoms with E-state index in [-0.39, 0.29) is 0 Å². The van der Waals surface area contributed by atoms with Gasteiger partial charge in [0, 0.05) is 63.1 Å². The van der Waals surface area contributed by atoms with E-state index in [9.17, 15) is 4.79 Å². The van der Waals surface area contributed by atoms with Crippen molar-refractivity contribution in [2.24, 2.45) is 0 Å². The first-order valence-electron chi connectivity index (χ1n) is 12.8. The number of hydrogen-bond acceptors (Lipinski definition) is 8. The molecule has 0 unspecified atom stereocenters. The van der Waals surface area contributed by atoms with E-state index in [0.717, 1.165) is 61.7 Å². The first-order valence-corrected chi connectivity index (χ1v) is 12.8. The highest BCUT2D eigenvalue weighted by Gasteiger charge is 2.22. The van der Waals surface area contributed by atoms with Gasteiger partial charge in [-0.15, -0.1) is 0 Å². The number of hydrogen-bond donors (Lipinski definition) is 2. The van der Waals surface area contributed by atoms with E-state index in [0.29, 0.717) is 23.3 Å². The minimum atomic E-state index is -0.602. The summed E-state index contributed by atoms with van der Waals surface area (Å²) in [5.41, 5.74) is 8.54. The Morgan fingerprint density at radius 2 is 1.92 bits per heavy atom. The summed E-state index contributed by atoms with van der Waals surface area (Å²) in [6.45, 7) is 15.2. The number of benzene rings is 1. The first kappa shape index (κ1) is 26.7. The number of carbonyl (C=O) groups is 1. The van der Waals surface area contributed by atoms with Crippen molar-refractivity contribution in [3.05, 3.63) is 36.4 Å². The van der Waals surface area contributed by atoms with Crippen molar-refractivity contribution < 1.29 is 14.3 Å². The van der Waals surface area contributed by atoms with Crippen molar-refractivity contribution >= 4 is 23.1 Å². The number of nitrogens with one attached hydrogen (secondary N) is 1. The Labute approximate surface area is 218 Å². The molecule has 37 heavy (non-hydrogen) atoms. The smallest absolute Gasteiger partial charge is 0.412 e. The molecule has 1 aliphatic heterocycles. The van der Waals surface area contributed by atoms with Crippen molar-refractivity contribution in [2.45, 2.75) is 52.7 Å². The molecule has 0 saturated carbocycles. The van der Waals surface area contributed by atoms with Gasteiger partial charge in [-0.2, -0.15) is 0 Å². The second kappa shape index (κ2) is 10.9. The predicted octanol–water partition coefficient (Wildman–Crippen LogP) is 3.90. The van der Waals surface area contributed by atoms with Gasteiger partial charge in [0.25, 0.3) is 0 Å². The van der Waals surface area contributed by atoms with Gasteiger partial charge in [-0.25, -0.2) is 14.8 Å². The molecule has 1 aliphatic rings. The molecule has 0 atom stereocenters. The minimum Gasteiger partial charge on any atom is -0.495 e. The molecule has 2 aromatic heterocycles. The molecule has 1 fully saturated rings. The summed E-state index contributed by atoms with van der Waals surface area (Å²) in [6, 6.07) is 6.10. The molecular weight excluding hydrogens is 470 g/mol. The Balaban J connectivity index is 1.57. The summed E-state index contributed by atoms with van der Waals surface area (Å²) in [6.07, 6.45) is 3.86. The van der Waals surface area contributed by atoms with Crippen LogP contribution in [0.1, 0.15) is 40.4 Å². The van der Waals surface area contributed by atoms with Gasteiger partial charge in [0.1, 0.15) is 34.2 Å². The normalized spacial score (nSPS) is 15.3. The van der Waals surface area contributed by atoms with E-state index < -0.39 is 11.7 Å². The van der Waals surface area contributed by atoms with Crippen molar-refractivity contribution in [2.75, 3.05) is 50.9 Å². The second-order valence-corrected chi connectivity index (χ2v) is 10.7. The summed E-state index contributed by atoms with van der Waals surface area (Å²) < 4.78 is 13.0. The van der Waals surface area contributed by atoms with E-state index in [2.05, 4.69) is 33.9 Å². The number of imidazole rings is 1. The third kappa shape index (κ3) is 6.31. The van der Waals surface area contributed by atoms with Crippen LogP contribution >= 0.6 is 0 Å². The lowest BCUT2D eigenvalue weighted by atomic mass is 10.1. The van der Waals surface area contributed by atoms with E-state index in [1.54, 1.807) is 19.4 Å². The van der Waals surface area contributed by atoms with Gasteiger partial charge in [-0.3, -0.25) is 14.6 Å². The quantitative estimate of drug-likeness (QED) is 0.493. The summed E-state index contributed by atoms with van der Waals surface area (Å²) in [4.78, 5) is 26.6. The molecule has 0 spiro atoms. The zero-order valence-corrected chi connectivity index (χ0v) is 22.7. The largest absolute Gasteiger partial charge is 0.495 e. The van der Waals surface area contributed by atoms with Crippen LogP contribution in [-0.4, -0.2) is 81.7 Å². The maximum atomic E-state index is 12.3. The lowest BCUT2D eigenvalue weighted by Gasteiger charge is -2.36. The number of nitrogens with two attached hydrogens (primary N) is 1. The van der Waals surface area contributed by atoms with Gasteiger partial charge in [-0.05, 0) is 46.8 Å². The molecule has 0 aliphatic carbocycles. The number of piperazine rings is 1. The lowest BCUT2D eigenvalue weighted by molar-refractivity contribution is 0.0635. The number of anilines is 2. The number of methoxy groups -OCH3 is 1. The fraction of sp³-hybridized carbons (Fsp3) is 0.519. The summed E-state index contributed by atoms with van der Waals surface area (Å²) >= 11 is 0. The molecule has 0 bridgehead atoms. The number of amides is 1. The third-order valence-electron chi connectivity index (χ3n) is 6.56. The average molecular weight is 510 g/mol. The molecule has 3 N–H and O–H groups in total. The summed E-state index contributed by atoms with van der Waals surface area (Å²) in [5.74, 6) is 1.84. The monoisotopic (exact) mass is 509 g/mol. The van der Waals surface area contributed by atoms with E-state index in [1.165, 1.54) is 0 Å². The SMILES string of the molecule is COc1cc(-c2nc(CCN3CCN(C(C)C)CC3)n3ccnc(N)c23)ccc1NC(=O)OC(C)(C)C. The van der Waals surface area contributed by atoms with Crippen LogP contribution < -0.4 is 15.8 Å². The topological polar surface area (TPSA) is 110 Å². The van der Waals surface area contributed by atoms with Crippen molar-refractivity contribution in [1.82, 2.24) is 24.2 Å². The van der Waals surface area contributed by atoms with Crippen LogP contribution in [0.4, 0.5) is 16.3 Å². The molecular formula is C27H39N7O3. The molecule has 10 nitrogen and oxygen atoms in total. The Morgan fingerprint density at radius 3 is 2.57 bits per heavy atom. The highest BCUT2D eigenvalue weighted by molar-refractivity contribution is 5.90. The number of aromatic nitrogens is 3. The Hall–Kier alpha value is -3.37. The highest BCUT2D eigenvalue weighted by Crippen LogP contribution is 2.34. The molecule has 3 aromatic rings. The van der Waals surface area contributed by atoms with E-state index in [1.807, 2.05) is 43.5 Å². The molecule has 0 radical (unpaired) electrons. The van der Waals surface area contributed by atoms with Crippen LogP contribution in [0.3, 0.4) is 0 Å². The zero-order chi connectivity index (χ0) is 26.7. The van der Waals surface area contributed by atoms with E-state index in [4.69, 9.17) is 20.2 Å². The molecule has 4 rings (SSSR count). The van der Waals surface area contributed by atoms with Gasteiger partial charge >= 0.3 is 6.09 Å². The van der Waals surface area contributed by atoms with Gasteiger partial charge in [0.2, 0.25) is 0 Å². The minimum absolute atomic E-state index is 0.414. The number of fused-ring (bicyclic) bond motifs is 1. The summed E-state index contributed by atoms with van der Waals surface area (Å²) in [7, 11) is 1.56. The fourth-order valence-electron chi connectivity index (χ4n) is 4.62. The molecule has 1 aromatic carbocycles. The van der Waals surface area contributed by atoms with Gasteiger partial charge in [-0.1, -0.05) is 6.07 Å². The number of nitrogens with zero attached hydrogens (tertiary/aromatic N) is 5. The number of rotatable bonds is 7. The van der Waals surface area contributed by atoms with Crippen molar-refractivity contribution in [1.29, 1.82) is 0 Å². The summed E-state index contributed by atoms with van der Waals surface area (Å²) in [5, 5.41) is 2.76. The fourth-order valence-corrected chi connectivity index (χ4v) is 4.62. The maximum Gasteiger partial charge on any atom is 0.412 e. The average Bonchev–Trinajstić information content (AvgIpc) is 3.22. The predicted molar refractivity (Wildman–Crippen MR) is 146 cm³/mol. The third-order valence-corrected chi connectivity index (χ3v) is 6.56. The first-order chi connectivity index (χ1) is 17.6. The molecule has 1 saturated heterocycles. The highest BCUT2D eigenvalue weighted by atomic mass is 16.6.